The summed E-state index contributed by atoms with van der Waals surface area (Å²) in [5.41, 5.74) is 0. The van der Waals surface area contributed by atoms with E-state index in [0.717, 1.165) is 0 Å². The SMILES string of the molecule is Cn1ccc(NC(=O)C2CCC(C(=O)Nc3ccn(C)n3)CC2)n1. The molecule has 0 spiro atoms. The summed E-state index contributed by atoms with van der Waals surface area (Å²) in [6, 6.07) is 3.54. The van der Waals surface area contributed by atoms with Gasteiger partial charge in [-0.05, 0) is 25.7 Å². The summed E-state index contributed by atoms with van der Waals surface area (Å²) in [4.78, 5) is 24.5. The minimum absolute atomic E-state index is 0.0164. The zero-order valence-electron chi connectivity index (χ0n) is 13.9. The molecule has 24 heavy (non-hydrogen) atoms. The van der Waals surface area contributed by atoms with Gasteiger partial charge in [-0.25, -0.2) is 0 Å². The van der Waals surface area contributed by atoms with Gasteiger partial charge < -0.3 is 10.6 Å². The van der Waals surface area contributed by atoms with Gasteiger partial charge in [-0.3, -0.25) is 19.0 Å². The average molecular weight is 330 g/mol. The lowest BCUT2D eigenvalue weighted by Crippen LogP contribution is -2.32. The normalized spacial score (nSPS) is 20.6. The number of aryl methyl sites for hydroxylation is 2. The molecule has 3 rings (SSSR count). The quantitative estimate of drug-likeness (QED) is 0.889. The Labute approximate surface area is 140 Å². The smallest absolute Gasteiger partial charge is 0.228 e. The van der Waals surface area contributed by atoms with Crippen LogP contribution in [0.4, 0.5) is 11.6 Å². The van der Waals surface area contributed by atoms with Gasteiger partial charge in [0.05, 0.1) is 0 Å². The van der Waals surface area contributed by atoms with Crippen LogP contribution < -0.4 is 10.6 Å². The molecule has 2 amide bonds. The lowest BCUT2D eigenvalue weighted by Gasteiger charge is -2.26. The highest BCUT2D eigenvalue weighted by molar-refractivity contribution is 5.93. The molecule has 0 bridgehead atoms. The second-order valence-electron chi connectivity index (χ2n) is 6.28. The minimum atomic E-state index is -0.0640. The molecule has 1 aliphatic rings. The van der Waals surface area contributed by atoms with Crippen molar-refractivity contribution in [3.05, 3.63) is 24.5 Å². The van der Waals surface area contributed by atoms with Crippen LogP contribution in [0.25, 0.3) is 0 Å². The molecule has 2 aromatic heterocycles. The number of carbonyl (C=O) groups excluding carboxylic acids is 2. The maximum absolute atomic E-state index is 12.3. The van der Waals surface area contributed by atoms with Crippen molar-refractivity contribution in [1.82, 2.24) is 19.6 Å². The number of hydrogen-bond donors (Lipinski definition) is 2. The van der Waals surface area contributed by atoms with Crippen LogP contribution in [0, 0.1) is 11.8 Å². The molecule has 0 aliphatic heterocycles. The predicted octanol–water partition coefficient (Wildman–Crippen LogP) is 1.54. The molecule has 0 aromatic carbocycles. The number of nitrogens with one attached hydrogen (secondary N) is 2. The molecule has 2 aromatic rings. The third-order valence-electron chi connectivity index (χ3n) is 4.40. The molecule has 1 aliphatic carbocycles. The Morgan fingerprint density at radius 2 is 1.25 bits per heavy atom. The Kier molecular flexibility index (Phi) is 4.64. The van der Waals surface area contributed by atoms with Gasteiger partial charge in [-0.2, -0.15) is 10.2 Å². The Balaban J connectivity index is 1.48. The van der Waals surface area contributed by atoms with Gasteiger partial charge in [0, 0.05) is 50.5 Å². The second-order valence-corrected chi connectivity index (χ2v) is 6.28. The number of amides is 2. The summed E-state index contributed by atoms with van der Waals surface area (Å²) in [7, 11) is 3.61. The van der Waals surface area contributed by atoms with Crippen LogP contribution in [-0.4, -0.2) is 31.4 Å². The highest BCUT2D eigenvalue weighted by atomic mass is 16.2. The van der Waals surface area contributed by atoms with Crippen molar-refractivity contribution >= 4 is 23.5 Å². The van der Waals surface area contributed by atoms with Crippen LogP contribution >= 0.6 is 0 Å². The van der Waals surface area contributed by atoms with Gasteiger partial charge in [0.2, 0.25) is 11.8 Å². The molecule has 1 fully saturated rings. The van der Waals surface area contributed by atoms with E-state index in [2.05, 4.69) is 20.8 Å². The van der Waals surface area contributed by atoms with Gasteiger partial charge in [-0.15, -0.1) is 0 Å². The summed E-state index contributed by atoms with van der Waals surface area (Å²) in [6.07, 6.45) is 6.40. The van der Waals surface area contributed by atoms with Crippen molar-refractivity contribution in [3.8, 4) is 0 Å². The summed E-state index contributed by atoms with van der Waals surface area (Å²) in [5.74, 6) is 0.974. The Morgan fingerprint density at radius 3 is 1.54 bits per heavy atom. The molecule has 2 N–H and O–H groups in total. The number of anilines is 2. The van der Waals surface area contributed by atoms with Crippen molar-refractivity contribution in [3.63, 3.8) is 0 Å². The molecule has 8 nitrogen and oxygen atoms in total. The molecule has 0 atom stereocenters. The van der Waals surface area contributed by atoms with Gasteiger partial charge in [0.1, 0.15) is 0 Å². The molecule has 0 saturated heterocycles. The topological polar surface area (TPSA) is 93.8 Å². The lowest BCUT2D eigenvalue weighted by atomic mass is 9.81. The molecule has 2 heterocycles. The first-order chi connectivity index (χ1) is 11.5. The van der Waals surface area contributed by atoms with Gasteiger partial charge in [-0.1, -0.05) is 0 Å². The Hall–Kier alpha value is -2.64. The molecule has 1 saturated carbocycles. The number of nitrogens with zero attached hydrogens (tertiary/aromatic N) is 4. The second kappa shape index (κ2) is 6.86. The van der Waals surface area contributed by atoms with Crippen molar-refractivity contribution in [2.45, 2.75) is 25.7 Å². The van der Waals surface area contributed by atoms with E-state index in [1.54, 1.807) is 48.0 Å². The van der Waals surface area contributed by atoms with Gasteiger partial charge in [0.15, 0.2) is 11.6 Å². The van der Waals surface area contributed by atoms with Crippen LogP contribution in [0.1, 0.15) is 25.7 Å². The monoisotopic (exact) mass is 330 g/mol. The number of hydrogen-bond acceptors (Lipinski definition) is 4. The van der Waals surface area contributed by atoms with E-state index in [1.165, 1.54) is 0 Å². The van der Waals surface area contributed by atoms with Crippen molar-refractivity contribution in [2.75, 3.05) is 10.6 Å². The zero-order valence-corrected chi connectivity index (χ0v) is 13.9. The Morgan fingerprint density at radius 1 is 0.875 bits per heavy atom. The number of aromatic nitrogens is 4. The predicted molar refractivity (Wildman–Crippen MR) is 89.1 cm³/mol. The fraction of sp³-hybridized carbons (Fsp3) is 0.500. The molecule has 0 unspecified atom stereocenters. The van der Waals surface area contributed by atoms with E-state index < -0.39 is 0 Å². The van der Waals surface area contributed by atoms with E-state index in [1.807, 2.05) is 0 Å². The molecular weight excluding hydrogens is 308 g/mol. The van der Waals surface area contributed by atoms with Gasteiger partial charge in [0.25, 0.3) is 0 Å². The molecule has 8 heteroatoms. The van der Waals surface area contributed by atoms with Crippen molar-refractivity contribution in [2.24, 2.45) is 25.9 Å². The number of carbonyl (C=O) groups is 2. The largest absolute Gasteiger partial charge is 0.309 e. The maximum atomic E-state index is 12.3. The first-order valence-electron chi connectivity index (χ1n) is 8.12. The third kappa shape index (κ3) is 3.81. The molecule has 0 radical (unpaired) electrons. The lowest BCUT2D eigenvalue weighted by molar-refractivity contribution is -0.125. The molecular formula is C16H22N6O2. The summed E-state index contributed by atoms with van der Waals surface area (Å²) in [6.45, 7) is 0. The van der Waals surface area contributed by atoms with Crippen LogP contribution in [0.3, 0.4) is 0 Å². The minimum Gasteiger partial charge on any atom is -0.309 e. The van der Waals surface area contributed by atoms with Crippen molar-refractivity contribution in [1.29, 1.82) is 0 Å². The van der Waals surface area contributed by atoms with E-state index in [4.69, 9.17) is 0 Å². The van der Waals surface area contributed by atoms with Crippen LogP contribution in [0.15, 0.2) is 24.5 Å². The fourth-order valence-electron chi connectivity index (χ4n) is 3.04. The van der Waals surface area contributed by atoms with Gasteiger partial charge >= 0.3 is 0 Å². The highest BCUT2D eigenvalue weighted by Gasteiger charge is 2.30. The van der Waals surface area contributed by atoms with Crippen molar-refractivity contribution < 1.29 is 9.59 Å². The van der Waals surface area contributed by atoms with Crippen LogP contribution in [0.5, 0.6) is 0 Å². The first kappa shape index (κ1) is 16.2. The average Bonchev–Trinajstić information content (AvgIpc) is 3.15. The van der Waals surface area contributed by atoms with Crippen LogP contribution in [0.2, 0.25) is 0 Å². The zero-order chi connectivity index (χ0) is 17.1. The first-order valence-corrected chi connectivity index (χ1v) is 8.12. The van der Waals surface area contributed by atoms with E-state index >= 15 is 0 Å². The standard InChI is InChI=1S/C16H22N6O2/c1-21-9-7-13(19-21)17-15(23)11-3-5-12(6-4-11)16(24)18-14-8-10-22(2)20-14/h7-12H,3-6H2,1-2H3,(H,17,19,23)(H,18,20,24). The van der Waals surface area contributed by atoms with E-state index in [9.17, 15) is 9.59 Å². The maximum Gasteiger partial charge on any atom is 0.228 e. The van der Waals surface area contributed by atoms with Crippen LogP contribution in [-0.2, 0) is 23.7 Å². The Bertz CT molecular complexity index is 664. The summed E-state index contributed by atoms with van der Waals surface area (Å²) in [5, 5.41) is 14.0. The van der Waals surface area contributed by atoms with E-state index in [0.29, 0.717) is 37.3 Å². The van der Waals surface area contributed by atoms with E-state index in [-0.39, 0.29) is 23.7 Å². The highest BCUT2D eigenvalue weighted by Crippen LogP contribution is 2.30. The third-order valence-corrected chi connectivity index (χ3v) is 4.40. The summed E-state index contributed by atoms with van der Waals surface area (Å²) >= 11 is 0. The fourth-order valence-corrected chi connectivity index (χ4v) is 3.04. The molecule has 128 valence electrons. The number of rotatable bonds is 4. The summed E-state index contributed by atoms with van der Waals surface area (Å²) < 4.78 is 3.29.